The van der Waals surface area contributed by atoms with Crippen LogP contribution in [0.5, 0.6) is 0 Å². The molecule has 0 aliphatic heterocycles. The summed E-state index contributed by atoms with van der Waals surface area (Å²) >= 11 is -0.921. The van der Waals surface area contributed by atoms with Crippen molar-refractivity contribution in [2.45, 2.75) is 5.75 Å². The summed E-state index contributed by atoms with van der Waals surface area (Å²) in [5.41, 5.74) is 1.06. The predicted octanol–water partition coefficient (Wildman–Crippen LogP) is 0.928. The lowest BCUT2D eigenvalue weighted by Gasteiger charge is -2.08. The molecule has 12 heavy (non-hydrogen) atoms. The van der Waals surface area contributed by atoms with Gasteiger partial charge in [-0.25, -0.2) is 0 Å². The molecule has 1 aromatic rings. The van der Waals surface area contributed by atoms with Crippen LogP contribution in [-0.4, -0.2) is 22.0 Å². The molecule has 1 atom stereocenters. The van der Waals surface area contributed by atoms with Crippen molar-refractivity contribution in [3.63, 3.8) is 0 Å². The molecule has 66 valence electrons. The third-order valence-electron chi connectivity index (χ3n) is 1.49. The van der Waals surface area contributed by atoms with Gasteiger partial charge in [0.1, 0.15) is 11.5 Å². The maximum atomic E-state index is 11.2. The van der Waals surface area contributed by atoms with E-state index in [4.69, 9.17) is 5.11 Å². The van der Waals surface area contributed by atoms with Crippen LogP contribution in [0, 0.1) is 0 Å². The van der Waals surface area contributed by atoms with Gasteiger partial charge in [0, 0.05) is 5.56 Å². The van der Waals surface area contributed by atoms with E-state index in [0.29, 0.717) is 11.5 Å². The molecule has 1 aromatic carbocycles. The normalized spacial score (nSPS) is 12.8. The Morgan fingerprint density at radius 2 is 1.92 bits per heavy atom. The third-order valence-corrected chi connectivity index (χ3v) is 2.78. The summed E-state index contributed by atoms with van der Waals surface area (Å²) < 4.78 is 11.2. The monoisotopic (exact) mass is 184 g/mol. The van der Waals surface area contributed by atoms with Gasteiger partial charge in [-0.3, -0.25) is 0 Å². The number of rotatable bonds is 4. The van der Waals surface area contributed by atoms with E-state index in [2.05, 4.69) is 0 Å². The van der Waals surface area contributed by atoms with Gasteiger partial charge in [0.2, 0.25) is 0 Å². The number of aliphatic hydroxyl groups is 1. The molecule has 0 bridgehead atoms. The minimum Gasteiger partial charge on any atom is -0.616 e. The average molecular weight is 184 g/mol. The van der Waals surface area contributed by atoms with Crippen LogP contribution in [0.1, 0.15) is 5.56 Å². The molecule has 0 saturated carbocycles. The van der Waals surface area contributed by atoms with Gasteiger partial charge in [0.05, 0.1) is 6.61 Å². The Labute approximate surface area is 75.4 Å². The Hall–Kier alpha value is -0.510. The van der Waals surface area contributed by atoms with Crippen molar-refractivity contribution < 1.29 is 9.66 Å². The van der Waals surface area contributed by atoms with Gasteiger partial charge >= 0.3 is 0 Å². The highest BCUT2D eigenvalue weighted by molar-refractivity contribution is 7.90. The molecule has 1 N–H and O–H groups in total. The molecule has 0 radical (unpaired) electrons. The van der Waals surface area contributed by atoms with Gasteiger partial charge < -0.3 is 9.66 Å². The number of hydrogen-bond donors (Lipinski definition) is 1. The number of aliphatic hydroxyl groups excluding tert-OH is 1. The average Bonchev–Trinajstić information content (AvgIpc) is 2.06. The summed E-state index contributed by atoms with van der Waals surface area (Å²) in [6.07, 6.45) is 0. The lowest BCUT2D eigenvalue weighted by atomic mass is 10.2. The van der Waals surface area contributed by atoms with E-state index in [1.807, 2.05) is 30.3 Å². The van der Waals surface area contributed by atoms with E-state index >= 15 is 0 Å². The van der Waals surface area contributed by atoms with Crippen LogP contribution in [0.2, 0.25) is 0 Å². The van der Waals surface area contributed by atoms with E-state index in [0.717, 1.165) is 5.56 Å². The largest absolute Gasteiger partial charge is 0.616 e. The number of hydrogen-bond acceptors (Lipinski definition) is 2. The van der Waals surface area contributed by atoms with Gasteiger partial charge in [0.25, 0.3) is 0 Å². The zero-order chi connectivity index (χ0) is 8.81. The first-order chi connectivity index (χ1) is 5.83. The fraction of sp³-hybridized carbons (Fsp3) is 0.333. The van der Waals surface area contributed by atoms with Crippen LogP contribution in [0.4, 0.5) is 0 Å². The molecule has 0 amide bonds. The SMILES string of the molecule is [O-][S+](CCO)Cc1ccccc1. The van der Waals surface area contributed by atoms with Crippen LogP contribution >= 0.6 is 0 Å². The van der Waals surface area contributed by atoms with Crippen LogP contribution < -0.4 is 0 Å². The molecule has 2 nitrogen and oxygen atoms in total. The Morgan fingerprint density at radius 3 is 2.50 bits per heavy atom. The molecule has 0 saturated heterocycles. The number of benzene rings is 1. The molecule has 0 spiro atoms. The van der Waals surface area contributed by atoms with Crippen LogP contribution in [0.3, 0.4) is 0 Å². The molecule has 0 aliphatic rings. The Kier molecular flexibility index (Phi) is 4.14. The van der Waals surface area contributed by atoms with Crippen molar-refractivity contribution in [2.24, 2.45) is 0 Å². The molecule has 3 heteroatoms. The van der Waals surface area contributed by atoms with Crippen molar-refractivity contribution in [2.75, 3.05) is 12.4 Å². The van der Waals surface area contributed by atoms with Crippen LogP contribution in [-0.2, 0) is 16.9 Å². The highest BCUT2D eigenvalue weighted by Crippen LogP contribution is 2.05. The Morgan fingerprint density at radius 1 is 1.25 bits per heavy atom. The zero-order valence-corrected chi connectivity index (χ0v) is 7.59. The van der Waals surface area contributed by atoms with Crippen molar-refractivity contribution in [3.05, 3.63) is 35.9 Å². The molecule has 0 fully saturated rings. The van der Waals surface area contributed by atoms with Crippen molar-refractivity contribution in [3.8, 4) is 0 Å². The predicted molar refractivity (Wildman–Crippen MR) is 50.2 cm³/mol. The van der Waals surface area contributed by atoms with Gasteiger partial charge in [-0.15, -0.1) is 0 Å². The highest BCUT2D eigenvalue weighted by atomic mass is 32.2. The van der Waals surface area contributed by atoms with Crippen LogP contribution in [0.25, 0.3) is 0 Å². The van der Waals surface area contributed by atoms with Crippen molar-refractivity contribution in [1.82, 2.24) is 0 Å². The minimum absolute atomic E-state index is 0.000551. The molecule has 1 unspecified atom stereocenters. The maximum absolute atomic E-state index is 11.2. The first kappa shape index (κ1) is 9.58. The summed E-state index contributed by atoms with van der Waals surface area (Å²) in [5.74, 6) is 0.913. The van der Waals surface area contributed by atoms with E-state index in [1.165, 1.54) is 0 Å². The quantitative estimate of drug-likeness (QED) is 0.707. The Bertz CT molecular complexity index is 213. The summed E-state index contributed by atoms with van der Waals surface area (Å²) in [4.78, 5) is 0. The van der Waals surface area contributed by atoms with Crippen LogP contribution in [0.15, 0.2) is 30.3 Å². The second-order valence-corrected chi connectivity index (χ2v) is 4.07. The summed E-state index contributed by atoms with van der Waals surface area (Å²) in [5, 5.41) is 8.52. The van der Waals surface area contributed by atoms with Gasteiger partial charge in [-0.2, -0.15) is 0 Å². The first-order valence-corrected chi connectivity index (χ1v) is 5.31. The van der Waals surface area contributed by atoms with E-state index < -0.39 is 11.2 Å². The van der Waals surface area contributed by atoms with Gasteiger partial charge in [-0.05, 0) is 11.2 Å². The molecular formula is C9H12O2S. The second-order valence-electron chi connectivity index (χ2n) is 2.50. The molecule has 0 aromatic heterocycles. The van der Waals surface area contributed by atoms with Gasteiger partial charge in [0.15, 0.2) is 0 Å². The zero-order valence-electron chi connectivity index (χ0n) is 6.77. The first-order valence-electron chi connectivity index (χ1n) is 3.82. The molecule has 0 heterocycles. The van der Waals surface area contributed by atoms with E-state index in [-0.39, 0.29) is 6.61 Å². The van der Waals surface area contributed by atoms with Crippen molar-refractivity contribution in [1.29, 1.82) is 0 Å². The smallest absolute Gasteiger partial charge is 0.130 e. The topological polar surface area (TPSA) is 43.3 Å². The summed E-state index contributed by atoms with van der Waals surface area (Å²) in [7, 11) is 0. The fourth-order valence-electron chi connectivity index (χ4n) is 0.934. The standard InChI is InChI=1S/C9H12O2S/c10-6-7-12(11)8-9-4-2-1-3-5-9/h1-5,10H,6-8H2. The maximum Gasteiger partial charge on any atom is 0.130 e. The lowest BCUT2D eigenvalue weighted by molar-refractivity contribution is 0.319. The molecule has 0 aliphatic carbocycles. The molecular weight excluding hydrogens is 172 g/mol. The summed E-state index contributed by atoms with van der Waals surface area (Å²) in [6, 6.07) is 9.65. The second kappa shape index (κ2) is 5.19. The fourth-order valence-corrected chi connectivity index (χ4v) is 1.85. The van der Waals surface area contributed by atoms with Crippen molar-refractivity contribution >= 4 is 11.2 Å². The van der Waals surface area contributed by atoms with E-state index in [9.17, 15) is 4.55 Å². The summed E-state index contributed by atoms with van der Waals surface area (Å²) in [6.45, 7) is -0.000551. The highest BCUT2D eigenvalue weighted by Gasteiger charge is 2.04. The minimum atomic E-state index is -0.921. The molecule has 1 rings (SSSR count). The lowest BCUT2D eigenvalue weighted by Crippen LogP contribution is -2.12. The third kappa shape index (κ3) is 3.26. The van der Waals surface area contributed by atoms with E-state index in [1.54, 1.807) is 0 Å². The van der Waals surface area contributed by atoms with Gasteiger partial charge in [-0.1, -0.05) is 30.3 Å². The Balaban J connectivity index is 2.41.